The van der Waals surface area contributed by atoms with Crippen LogP contribution in [0, 0.1) is 11.8 Å². The molecule has 2 aromatic heterocycles. The number of primary amides is 1. The number of hydrogen-bond donors (Lipinski definition) is 2. The van der Waals surface area contributed by atoms with Crippen LogP contribution in [0.5, 0.6) is 0 Å². The molecular formula is C24H22F3N5O3. The lowest BCUT2D eigenvalue weighted by Crippen LogP contribution is -2.20. The molecule has 5 rings (SSSR count). The van der Waals surface area contributed by atoms with Crippen LogP contribution in [0.2, 0.25) is 0 Å². The van der Waals surface area contributed by atoms with Crippen molar-refractivity contribution in [2.75, 3.05) is 5.32 Å². The minimum Gasteiger partial charge on any atom is -0.361 e. The number of rotatable bonds is 5. The fourth-order valence-corrected chi connectivity index (χ4v) is 4.65. The molecule has 1 saturated carbocycles. The van der Waals surface area contributed by atoms with Crippen LogP contribution in [0.25, 0.3) is 11.1 Å². The van der Waals surface area contributed by atoms with E-state index in [1.54, 1.807) is 12.1 Å². The van der Waals surface area contributed by atoms with Gasteiger partial charge in [0.05, 0.1) is 11.8 Å². The third-order valence-corrected chi connectivity index (χ3v) is 6.56. The van der Waals surface area contributed by atoms with Crippen LogP contribution in [0.4, 0.5) is 19.0 Å². The van der Waals surface area contributed by atoms with Gasteiger partial charge in [-0.3, -0.25) is 9.59 Å². The minimum absolute atomic E-state index is 0.134. The highest BCUT2D eigenvalue weighted by atomic mass is 19.4. The number of carbonyl (C=O) groups excluding carboxylic acids is 2. The SMILES string of the molecule is NC(=O)c1nc([C@@H]2CCCCc3cc(-c4ccnc(NC(=O)[C@H]5C[C@@H]5C(F)(F)F)c4)ccc32)no1. The number of nitrogens with zero attached hydrogens (tertiary/aromatic N) is 3. The van der Waals surface area contributed by atoms with Gasteiger partial charge in [0.2, 0.25) is 5.91 Å². The van der Waals surface area contributed by atoms with Crippen LogP contribution in [-0.4, -0.2) is 33.1 Å². The molecule has 11 heteroatoms. The topological polar surface area (TPSA) is 124 Å². The number of amides is 2. The summed E-state index contributed by atoms with van der Waals surface area (Å²) in [5.74, 6) is -3.82. The number of aryl methyl sites for hydroxylation is 1. The molecule has 1 aromatic carbocycles. The van der Waals surface area contributed by atoms with Gasteiger partial charge in [0.15, 0.2) is 5.82 Å². The lowest BCUT2D eigenvalue weighted by atomic mass is 9.90. The Balaban J connectivity index is 1.37. The first kappa shape index (κ1) is 23.0. The van der Waals surface area contributed by atoms with E-state index in [1.807, 2.05) is 18.2 Å². The highest BCUT2D eigenvalue weighted by molar-refractivity contribution is 5.94. The maximum Gasteiger partial charge on any atom is 0.392 e. The van der Waals surface area contributed by atoms with Crippen LogP contribution in [0.1, 0.15) is 59.2 Å². The Labute approximate surface area is 198 Å². The van der Waals surface area contributed by atoms with Gasteiger partial charge in [0.1, 0.15) is 5.82 Å². The van der Waals surface area contributed by atoms with Crippen LogP contribution in [-0.2, 0) is 11.2 Å². The van der Waals surface area contributed by atoms with Crippen LogP contribution in [0.3, 0.4) is 0 Å². The molecule has 0 unspecified atom stereocenters. The highest BCUT2D eigenvalue weighted by Gasteiger charge is 2.58. The van der Waals surface area contributed by atoms with Gasteiger partial charge in [-0.1, -0.05) is 29.8 Å². The Kier molecular flexibility index (Phi) is 5.78. The maximum atomic E-state index is 12.8. The van der Waals surface area contributed by atoms with Gasteiger partial charge in [0, 0.05) is 12.1 Å². The Morgan fingerprint density at radius 3 is 2.63 bits per heavy atom. The van der Waals surface area contributed by atoms with Gasteiger partial charge in [-0.15, -0.1) is 0 Å². The Morgan fingerprint density at radius 1 is 1.11 bits per heavy atom. The number of aromatic nitrogens is 3. The van der Waals surface area contributed by atoms with Gasteiger partial charge in [-0.05, 0) is 60.1 Å². The molecule has 0 bridgehead atoms. The summed E-state index contributed by atoms with van der Waals surface area (Å²) in [6, 6.07) is 9.38. The minimum atomic E-state index is -4.36. The number of nitrogens with one attached hydrogen (secondary N) is 1. The van der Waals surface area contributed by atoms with E-state index < -0.39 is 29.8 Å². The lowest BCUT2D eigenvalue weighted by Gasteiger charge is -2.16. The summed E-state index contributed by atoms with van der Waals surface area (Å²) in [5.41, 5.74) is 9.04. The summed E-state index contributed by atoms with van der Waals surface area (Å²) in [6.07, 6.45) is 0.513. The molecule has 3 aromatic rings. The second kappa shape index (κ2) is 8.79. The molecule has 0 aliphatic heterocycles. The molecule has 2 heterocycles. The number of nitrogens with two attached hydrogens (primary N) is 1. The molecule has 2 aliphatic rings. The molecule has 3 N–H and O–H groups in total. The first-order valence-electron chi connectivity index (χ1n) is 11.3. The van der Waals surface area contributed by atoms with Crippen molar-refractivity contribution in [3.8, 4) is 11.1 Å². The largest absolute Gasteiger partial charge is 0.392 e. The molecule has 8 nitrogen and oxygen atoms in total. The zero-order chi connectivity index (χ0) is 24.7. The smallest absolute Gasteiger partial charge is 0.361 e. The number of halogens is 3. The Hall–Kier alpha value is -3.76. The number of benzene rings is 1. The van der Waals surface area contributed by atoms with Crippen molar-refractivity contribution < 1.29 is 27.3 Å². The van der Waals surface area contributed by atoms with Gasteiger partial charge >= 0.3 is 18.0 Å². The maximum absolute atomic E-state index is 12.8. The zero-order valence-electron chi connectivity index (χ0n) is 18.5. The molecule has 1 fully saturated rings. The van der Waals surface area contributed by atoms with Crippen molar-refractivity contribution in [2.45, 2.75) is 44.2 Å². The van der Waals surface area contributed by atoms with Crippen molar-refractivity contribution in [3.63, 3.8) is 0 Å². The first-order chi connectivity index (χ1) is 16.7. The van der Waals surface area contributed by atoms with E-state index >= 15 is 0 Å². The van der Waals surface area contributed by atoms with Crippen molar-refractivity contribution in [2.24, 2.45) is 17.6 Å². The number of hydrogen-bond acceptors (Lipinski definition) is 6. The predicted octanol–water partition coefficient (Wildman–Crippen LogP) is 4.23. The molecule has 0 saturated heterocycles. The van der Waals surface area contributed by atoms with Crippen LogP contribution < -0.4 is 11.1 Å². The fraction of sp³-hybridized carbons (Fsp3) is 0.375. The van der Waals surface area contributed by atoms with E-state index in [1.165, 1.54) is 6.20 Å². The van der Waals surface area contributed by atoms with Gasteiger partial charge in [0.25, 0.3) is 0 Å². The normalized spacial score (nSPS) is 21.6. The second-order valence-electron chi connectivity index (χ2n) is 8.94. The monoisotopic (exact) mass is 485 g/mol. The number of carbonyl (C=O) groups is 2. The molecule has 182 valence electrons. The van der Waals surface area contributed by atoms with Crippen LogP contribution in [0.15, 0.2) is 41.1 Å². The number of alkyl halides is 3. The van der Waals surface area contributed by atoms with E-state index in [-0.39, 0.29) is 24.0 Å². The average molecular weight is 485 g/mol. The zero-order valence-corrected chi connectivity index (χ0v) is 18.5. The van der Waals surface area contributed by atoms with E-state index in [4.69, 9.17) is 10.3 Å². The fourth-order valence-electron chi connectivity index (χ4n) is 4.65. The van der Waals surface area contributed by atoms with Gasteiger partial charge in [-0.2, -0.15) is 18.2 Å². The van der Waals surface area contributed by atoms with E-state index in [2.05, 4.69) is 20.4 Å². The van der Waals surface area contributed by atoms with Crippen molar-refractivity contribution in [1.82, 2.24) is 15.1 Å². The molecule has 2 aliphatic carbocycles. The molecule has 35 heavy (non-hydrogen) atoms. The van der Waals surface area contributed by atoms with Crippen molar-refractivity contribution in [1.29, 1.82) is 0 Å². The van der Waals surface area contributed by atoms with Crippen LogP contribution >= 0.6 is 0 Å². The molecule has 3 atom stereocenters. The molecule has 0 radical (unpaired) electrons. The Morgan fingerprint density at radius 2 is 1.91 bits per heavy atom. The van der Waals surface area contributed by atoms with Gasteiger partial charge < -0.3 is 15.6 Å². The summed E-state index contributed by atoms with van der Waals surface area (Å²) < 4.78 is 43.3. The summed E-state index contributed by atoms with van der Waals surface area (Å²) in [5, 5.41) is 6.47. The molecule has 0 spiro atoms. The van der Waals surface area contributed by atoms with E-state index in [0.717, 1.165) is 47.9 Å². The van der Waals surface area contributed by atoms with Crippen molar-refractivity contribution in [3.05, 3.63) is 59.4 Å². The average Bonchev–Trinajstić information content (AvgIpc) is 3.55. The summed E-state index contributed by atoms with van der Waals surface area (Å²) >= 11 is 0. The number of anilines is 1. The lowest BCUT2D eigenvalue weighted by molar-refractivity contribution is -0.153. The number of fused-ring (bicyclic) bond motifs is 1. The second-order valence-corrected chi connectivity index (χ2v) is 8.94. The third-order valence-electron chi connectivity index (χ3n) is 6.56. The third kappa shape index (κ3) is 4.75. The number of pyridine rings is 1. The highest BCUT2D eigenvalue weighted by Crippen LogP contribution is 2.50. The standard InChI is InChI=1S/C24H22F3N5O3/c25-24(26,27)18-11-17(18)22(34)30-19-10-13(7-8-29-19)12-5-6-15-14(9-12)3-1-2-4-16(15)21-31-23(20(28)33)35-32-21/h5-10,16-18H,1-4,11H2,(H2,28,33)(H,29,30,34)/t16-,17+,18+/m1/s1. The summed E-state index contributed by atoms with van der Waals surface area (Å²) in [6.45, 7) is 0. The van der Waals surface area contributed by atoms with E-state index in [0.29, 0.717) is 5.82 Å². The first-order valence-corrected chi connectivity index (χ1v) is 11.3. The molecule has 2 amide bonds. The summed E-state index contributed by atoms with van der Waals surface area (Å²) in [7, 11) is 0. The quantitative estimate of drug-likeness (QED) is 0.522. The van der Waals surface area contributed by atoms with Crippen molar-refractivity contribution >= 4 is 17.6 Å². The van der Waals surface area contributed by atoms with E-state index in [9.17, 15) is 22.8 Å². The molecular weight excluding hydrogens is 463 g/mol. The van der Waals surface area contributed by atoms with Gasteiger partial charge in [-0.25, -0.2) is 4.98 Å². The Bertz CT molecular complexity index is 1290. The summed E-state index contributed by atoms with van der Waals surface area (Å²) in [4.78, 5) is 31.8. The predicted molar refractivity (Wildman–Crippen MR) is 118 cm³/mol.